The van der Waals surface area contributed by atoms with Crippen LogP contribution in [0.1, 0.15) is 12.8 Å². The molecule has 0 aromatic rings. The normalized spacial score (nSPS) is 20.7. The van der Waals surface area contributed by atoms with E-state index in [0.717, 1.165) is 26.1 Å². The van der Waals surface area contributed by atoms with Crippen LogP contribution in [-0.4, -0.2) is 24.3 Å². The van der Waals surface area contributed by atoms with Gasteiger partial charge in [0, 0.05) is 19.3 Å². The second kappa shape index (κ2) is 4.13. The molecule has 1 aliphatic heterocycles. The molecule has 1 fully saturated rings. The summed E-state index contributed by atoms with van der Waals surface area (Å²) in [6.07, 6.45) is 4.87. The second-order valence-corrected chi connectivity index (χ2v) is 2.65. The van der Waals surface area contributed by atoms with Gasteiger partial charge < -0.3 is 9.84 Å². The molecule has 0 aromatic carbocycles. The highest BCUT2D eigenvalue weighted by molar-refractivity contribution is 5.79. The maximum Gasteiger partial charge on any atom is 0.327 e. The second-order valence-electron chi connectivity index (χ2n) is 2.65. The lowest BCUT2D eigenvalue weighted by molar-refractivity contribution is -0.131. The van der Waals surface area contributed by atoms with Crippen molar-refractivity contribution in [2.75, 3.05) is 13.2 Å². The Labute approximate surface area is 65.7 Å². The average molecular weight is 156 g/mol. The van der Waals surface area contributed by atoms with Gasteiger partial charge in [-0.05, 0) is 18.8 Å². The zero-order valence-electron chi connectivity index (χ0n) is 6.32. The predicted octanol–water partition coefficient (Wildman–Crippen LogP) is 1.05. The molecule has 0 amide bonds. The van der Waals surface area contributed by atoms with Crippen molar-refractivity contribution >= 4 is 5.97 Å². The van der Waals surface area contributed by atoms with E-state index in [1.54, 1.807) is 6.08 Å². The third-order valence-electron chi connectivity index (χ3n) is 1.78. The average Bonchev–Trinajstić information content (AvgIpc) is 2.03. The van der Waals surface area contributed by atoms with E-state index in [0.29, 0.717) is 5.92 Å². The summed E-state index contributed by atoms with van der Waals surface area (Å²) in [6, 6.07) is 0. The van der Waals surface area contributed by atoms with Gasteiger partial charge in [-0.3, -0.25) is 0 Å². The molecule has 0 bridgehead atoms. The molecular weight excluding hydrogens is 144 g/mol. The largest absolute Gasteiger partial charge is 0.478 e. The van der Waals surface area contributed by atoms with E-state index in [-0.39, 0.29) is 0 Å². The number of carboxylic acids is 1. The van der Waals surface area contributed by atoms with Crippen molar-refractivity contribution in [1.82, 2.24) is 0 Å². The molecule has 1 saturated heterocycles. The van der Waals surface area contributed by atoms with Gasteiger partial charge in [0.05, 0.1) is 0 Å². The molecule has 62 valence electrons. The monoisotopic (exact) mass is 156 g/mol. The Kier molecular flexibility index (Phi) is 3.11. The van der Waals surface area contributed by atoms with Crippen LogP contribution in [0.25, 0.3) is 0 Å². The number of carbonyl (C=O) groups is 1. The first-order chi connectivity index (χ1) is 5.29. The molecule has 1 rings (SSSR count). The van der Waals surface area contributed by atoms with Crippen molar-refractivity contribution in [3.05, 3.63) is 12.2 Å². The van der Waals surface area contributed by atoms with E-state index in [1.165, 1.54) is 6.08 Å². The molecule has 0 atom stereocenters. The number of carboxylic acid groups (broad SMARTS) is 1. The number of rotatable bonds is 2. The van der Waals surface area contributed by atoms with Crippen LogP contribution in [0.15, 0.2) is 12.2 Å². The van der Waals surface area contributed by atoms with Crippen molar-refractivity contribution in [3.63, 3.8) is 0 Å². The molecule has 1 heterocycles. The highest BCUT2D eigenvalue weighted by Gasteiger charge is 2.10. The third kappa shape index (κ3) is 3.18. The molecule has 0 aliphatic carbocycles. The highest BCUT2D eigenvalue weighted by atomic mass is 16.5. The Morgan fingerprint density at radius 3 is 2.64 bits per heavy atom. The topological polar surface area (TPSA) is 46.5 Å². The lowest BCUT2D eigenvalue weighted by Gasteiger charge is -2.18. The van der Waals surface area contributed by atoms with Crippen LogP contribution in [0, 0.1) is 5.92 Å². The summed E-state index contributed by atoms with van der Waals surface area (Å²) in [4.78, 5) is 10.1. The molecule has 0 radical (unpaired) electrons. The standard InChI is InChI=1S/C8H12O3/c9-8(10)2-1-7-3-5-11-6-4-7/h1-2,7H,3-6H2,(H,9,10). The first-order valence-corrected chi connectivity index (χ1v) is 3.78. The van der Waals surface area contributed by atoms with Gasteiger partial charge in [-0.2, -0.15) is 0 Å². The lowest BCUT2D eigenvalue weighted by atomic mass is 10.00. The molecular formula is C8H12O3. The minimum atomic E-state index is -0.864. The van der Waals surface area contributed by atoms with E-state index < -0.39 is 5.97 Å². The number of ether oxygens (including phenoxy) is 1. The van der Waals surface area contributed by atoms with E-state index in [1.807, 2.05) is 0 Å². The predicted molar refractivity (Wildman–Crippen MR) is 40.3 cm³/mol. The van der Waals surface area contributed by atoms with Crippen LogP contribution < -0.4 is 0 Å². The lowest BCUT2D eigenvalue weighted by Crippen LogP contribution is -2.13. The molecule has 3 heteroatoms. The first-order valence-electron chi connectivity index (χ1n) is 3.78. The molecule has 0 aromatic heterocycles. The zero-order chi connectivity index (χ0) is 8.10. The van der Waals surface area contributed by atoms with Crippen molar-refractivity contribution in [2.45, 2.75) is 12.8 Å². The van der Waals surface area contributed by atoms with E-state index in [2.05, 4.69) is 0 Å². The molecule has 0 spiro atoms. The molecule has 0 unspecified atom stereocenters. The SMILES string of the molecule is O=C(O)C=CC1CCOCC1. The number of hydrogen-bond donors (Lipinski definition) is 1. The van der Waals surface area contributed by atoms with Crippen molar-refractivity contribution < 1.29 is 14.6 Å². The van der Waals surface area contributed by atoms with Crippen LogP contribution in [0.4, 0.5) is 0 Å². The quantitative estimate of drug-likeness (QED) is 0.608. The fraction of sp³-hybridized carbons (Fsp3) is 0.625. The van der Waals surface area contributed by atoms with Gasteiger partial charge in [-0.1, -0.05) is 6.08 Å². The Bertz CT molecular complexity index is 157. The molecule has 0 saturated carbocycles. The van der Waals surface area contributed by atoms with Crippen LogP contribution in [0.5, 0.6) is 0 Å². The Morgan fingerprint density at radius 2 is 2.09 bits per heavy atom. The minimum absolute atomic E-state index is 0.403. The zero-order valence-corrected chi connectivity index (χ0v) is 6.32. The highest BCUT2D eigenvalue weighted by Crippen LogP contribution is 2.15. The minimum Gasteiger partial charge on any atom is -0.478 e. The van der Waals surface area contributed by atoms with Gasteiger partial charge >= 0.3 is 5.97 Å². The van der Waals surface area contributed by atoms with Crippen LogP contribution >= 0.6 is 0 Å². The number of aliphatic carboxylic acids is 1. The summed E-state index contributed by atoms with van der Waals surface area (Å²) in [6.45, 7) is 1.52. The van der Waals surface area contributed by atoms with Gasteiger partial charge in [0.25, 0.3) is 0 Å². The molecule has 3 nitrogen and oxygen atoms in total. The maximum atomic E-state index is 10.1. The van der Waals surface area contributed by atoms with Crippen LogP contribution in [0.2, 0.25) is 0 Å². The first kappa shape index (κ1) is 8.27. The van der Waals surface area contributed by atoms with Crippen LogP contribution in [-0.2, 0) is 9.53 Å². The van der Waals surface area contributed by atoms with Crippen molar-refractivity contribution in [3.8, 4) is 0 Å². The molecule has 11 heavy (non-hydrogen) atoms. The number of hydrogen-bond acceptors (Lipinski definition) is 2. The smallest absolute Gasteiger partial charge is 0.327 e. The molecule has 1 aliphatic rings. The third-order valence-corrected chi connectivity index (χ3v) is 1.78. The Morgan fingerprint density at radius 1 is 1.45 bits per heavy atom. The van der Waals surface area contributed by atoms with Gasteiger partial charge in [-0.15, -0.1) is 0 Å². The fourth-order valence-electron chi connectivity index (χ4n) is 1.13. The van der Waals surface area contributed by atoms with Gasteiger partial charge in [0.2, 0.25) is 0 Å². The maximum absolute atomic E-state index is 10.1. The summed E-state index contributed by atoms with van der Waals surface area (Å²) < 4.78 is 5.13. The summed E-state index contributed by atoms with van der Waals surface area (Å²) in [5.74, 6) is -0.462. The molecule has 1 N–H and O–H groups in total. The van der Waals surface area contributed by atoms with Crippen molar-refractivity contribution in [1.29, 1.82) is 0 Å². The van der Waals surface area contributed by atoms with Crippen molar-refractivity contribution in [2.24, 2.45) is 5.92 Å². The van der Waals surface area contributed by atoms with Gasteiger partial charge in [0.1, 0.15) is 0 Å². The summed E-state index contributed by atoms with van der Waals surface area (Å²) in [7, 11) is 0. The Balaban J connectivity index is 2.29. The van der Waals surface area contributed by atoms with Gasteiger partial charge in [0.15, 0.2) is 0 Å². The van der Waals surface area contributed by atoms with E-state index in [9.17, 15) is 4.79 Å². The number of allylic oxidation sites excluding steroid dienone is 1. The summed E-state index contributed by atoms with van der Waals surface area (Å²) in [5, 5.41) is 8.33. The van der Waals surface area contributed by atoms with E-state index in [4.69, 9.17) is 9.84 Å². The van der Waals surface area contributed by atoms with Crippen LogP contribution in [0.3, 0.4) is 0 Å². The van der Waals surface area contributed by atoms with Gasteiger partial charge in [-0.25, -0.2) is 4.79 Å². The summed E-state index contributed by atoms with van der Waals surface area (Å²) >= 11 is 0. The fourth-order valence-corrected chi connectivity index (χ4v) is 1.13. The van der Waals surface area contributed by atoms with E-state index >= 15 is 0 Å². The Hall–Kier alpha value is -0.830. The summed E-state index contributed by atoms with van der Waals surface area (Å²) in [5.41, 5.74) is 0.